The smallest absolute Gasteiger partial charge is 0.318 e. The highest BCUT2D eigenvalue weighted by atomic mass is 19.1. The number of rotatable bonds is 2. The molecule has 0 radical (unpaired) electrons. The van der Waals surface area contributed by atoms with Crippen LogP contribution in [-0.4, -0.2) is 33.0 Å². The third kappa shape index (κ3) is 2.97. The molecule has 2 bridgehead atoms. The molecule has 2 fully saturated rings. The lowest BCUT2D eigenvalue weighted by molar-refractivity contribution is -0.00600. The molecule has 3 atom stereocenters. The second-order valence-corrected chi connectivity index (χ2v) is 7.21. The Morgan fingerprint density at radius 3 is 2.72 bits per heavy atom. The number of benzene rings is 1. The van der Waals surface area contributed by atoms with Crippen LogP contribution in [0.15, 0.2) is 30.6 Å². The Kier molecular flexibility index (Phi) is 3.90. The Balaban J connectivity index is 1.54. The number of carbonyl (C=O) groups excluding carboxylic acids is 1. The van der Waals surface area contributed by atoms with Crippen LogP contribution in [-0.2, 0) is 0 Å². The van der Waals surface area contributed by atoms with Crippen LogP contribution < -0.4 is 5.32 Å². The Hall–Kier alpha value is -2.50. The van der Waals surface area contributed by atoms with Crippen LogP contribution in [0.3, 0.4) is 0 Å². The van der Waals surface area contributed by atoms with Crippen molar-refractivity contribution in [2.24, 2.45) is 5.92 Å². The van der Waals surface area contributed by atoms with Crippen molar-refractivity contribution in [3.8, 4) is 11.3 Å². The normalized spacial score (nSPS) is 24.6. The standard InChI is InChI=1S/C19H21FN4O/c1-11-5-14-8-15(6-11)24(14)19(25)22-13-4-3-12(2)16(7-13)17-9-21-10-18(20)23-17/h3-4,7,9-11,14-15H,5-6,8H2,1-2H3,(H,22,25)/t11?,14-,15?/m1/s1. The van der Waals surface area contributed by atoms with Gasteiger partial charge in [-0.3, -0.25) is 4.98 Å². The summed E-state index contributed by atoms with van der Waals surface area (Å²) in [5.41, 5.74) is 2.87. The van der Waals surface area contributed by atoms with Gasteiger partial charge in [-0.2, -0.15) is 4.39 Å². The summed E-state index contributed by atoms with van der Waals surface area (Å²) < 4.78 is 13.4. The number of nitrogens with zero attached hydrogens (tertiary/aromatic N) is 3. The van der Waals surface area contributed by atoms with Crippen molar-refractivity contribution in [3.63, 3.8) is 0 Å². The molecule has 2 aliphatic rings. The number of nitrogens with one attached hydrogen (secondary N) is 1. The summed E-state index contributed by atoms with van der Waals surface area (Å²) >= 11 is 0. The average molecular weight is 340 g/mol. The zero-order valence-electron chi connectivity index (χ0n) is 14.4. The minimum absolute atomic E-state index is 0.0479. The van der Waals surface area contributed by atoms with Gasteiger partial charge in [0.2, 0.25) is 5.95 Å². The van der Waals surface area contributed by atoms with Crippen LogP contribution in [0.25, 0.3) is 11.3 Å². The molecule has 2 aromatic rings. The fourth-order valence-corrected chi connectivity index (χ4v) is 4.11. The van der Waals surface area contributed by atoms with Crippen molar-refractivity contribution in [2.45, 2.75) is 45.2 Å². The van der Waals surface area contributed by atoms with E-state index < -0.39 is 5.95 Å². The molecule has 1 aromatic heterocycles. The average Bonchev–Trinajstić information content (AvgIpc) is 2.56. The van der Waals surface area contributed by atoms with Crippen molar-refractivity contribution in [1.82, 2.24) is 14.9 Å². The molecule has 25 heavy (non-hydrogen) atoms. The summed E-state index contributed by atoms with van der Waals surface area (Å²) in [6, 6.07) is 6.28. The summed E-state index contributed by atoms with van der Waals surface area (Å²) in [5, 5.41) is 2.98. The Bertz CT molecular complexity index is 813. The number of amides is 2. The van der Waals surface area contributed by atoms with E-state index in [4.69, 9.17) is 0 Å². The van der Waals surface area contributed by atoms with Crippen LogP contribution in [0, 0.1) is 18.8 Å². The van der Waals surface area contributed by atoms with Crippen LogP contribution in [0.4, 0.5) is 14.9 Å². The lowest BCUT2D eigenvalue weighted by atomic mass is 9.74. The minimum Gasteiger partial charge on any atom is -0.318 e. The van der Waals surface area contributed by atoms with Crippen molar-refractivity contribution in [2.75, 3.05) is 5.32 Å². The number of urea groups is 1. The summed E-state index contributed by atoms with van der Waals surface area (Å²) in [6.07, 6.45) is 5.89. The van der Waals surface area contributed by atoms with E-state index in [1.54, 1.807) is 0 Å². The maximum Gasteiger partial charge on any atom is 0.322 e. The first-order chi connectivity index (χ1) is 12.0. The number of hydrogen-bond acceptors (Lipinski definition) is 3. The number of hydrogen-bond donors (Lipinski definition) is 1. The molecule has 2 aliphatic heterocycles. The monoisotopic (exact) mass is 340 g/mol. The molecule has 6 heteroatoms. The predicted octanol–water partition coefficient (Wildman–Crippen LogP) is 4.00. The van der Waals surface area contributed by atoms with Gasteiger partial charge in [0.05, 0.1) is 18.1 Å². The fraction of sp³-hybridized carbons (Fsp3) is 0.421. The van der Waals surface area contributed by atoms with Crippen LogP contribution >= 0.6 is 0 Å². The van der Waals surface area contributed by atoms with E-state index in [0.29, 0.717) is 29.4 Å². The first-order valence-corrected chi connectivity index (χ1v) is 8.69. The van der Waals surface area contributed by atoms with E-state index in [1.165, 1.54) is 6.20 Å². The third-order valence-corrected chi connectivity index (χ3v) is 5.28. The number of carbonyl (C=O) groups is 1. The fourth-order valence-electron chi connectivity index (χ4n) is 4.11. The molecule has 0 spiro atoms. The van der Waals surface area contributed by atoms with E-state index >= 15 is 0 Å². The minimum atomic E-state index is -0.617. The molecule has 1 N–H and O–H groups in total. The molecule has 0 saturated carbocycles. The number of halogens is 1. The lowest BCUT2D eigenvalue weighted by Crippen LogP contribution is -2.63. The molecule has 2 unspecified atom stereocenters. The van der Waals surface area contributed by atoms with E-state index in [1.807, 2.05) is 30.0 Å². The highest BCUT2D eigenvalue weighted by Gasteiger charge is 2.46. The molecule has 2 amide bonds. The van der Waals surface area contributed by atoms with Crippen LogP contribution in [0.2, 0.25) is 0 Å². The second kappa shape index (κ2) is 6.10. The quantitative estimate of drug-likeness (QED) is 0.899. The number of fused-ring (bicyclic) bond motifs is 2. The largest absolute Gasteiger partial charge is 0.322 e. The first-order valence-electron chi connectivity index (χ1n) is 8.69. The third-order valence-electron chi connectivity index (χ3n) is 5.28. The SMILES string of the molecule is Cc1ccc(NC(=O)N2C3CC(C)C[C@@H]2C3)cc1-c1cncc(F)n1. The zero-order valence-corrected chi connectivity index (χ0v) is 14.4. The Morgan fingerprint density at radius 1 is 1.24 bits per heavy atom. The first kappa shape index (κ1) is 16.0. The summed E-state index contributed by atoms with van der Waals surface area (Å²) in [4.78, 5) is 22.3. The van der Waals surface area contributed by atoms with Gasteiger partial charge in [0.25, 0.3) is 0 Å². The van der Waals surface area contributed by atoms with E-state index in [2.05, 4.69) is 22.2 Å². The van der Waals surface area contributed by atoms with E-state index in [9.17, 15) is 9.18 Å². The van der Waals surface area contributed by atoms with Crippen molar-refractivity contribution < 1.29 is 9.18 Å². The van der Waals surface area contributed by atoms with Gasteiger partial charge in [0.1, 0.15) is 0 Å². The van der Waals surface area contributed by atoms with Gasteiger partial charge in [-0.1, -0.05) is 13.0 Å². The van der Waals surface area contributed by atoms with Gasteiger partial charge in [0.15, 0.2) is 0 Å². The van der Waals surface area contributed by atoms with Crippen molar-refractivity contribution in [1.29, 1.82) is 0 Å². The molecule has 0 aliphatic carbocycles. The second-order valence-electron chi connectivity index (χ2n) is 7.21. The molecule has 2 saturated heterocycles. The van der Waals surface area contributed by atoms with Gasteiger partial charge < -0.3 is 10.2 Å². The van der Waals surface area contributed by atoms with E-state index in [0.717, 1.165) is 36.6 Å². The zero-order chi connectivity index (χ0) is 17.6. The summed E-state index contributed by atoms with van der Waals surface area (Å²) in [7, 11) is 0. The number of aryl methyl sites for hydroxylation is 1. The number of anilines is 1. The Morgan fingerprint density at radius 2 is 2.00 bits per heavy atom. The van der Waals surface area contributed by atoms with Gasteiger partial charge in [0, 0.05) is 23.3 Å². The summed E-state index contributed by atoms with van der Waals surface area (Å²) in [5.74, 6) is 0.0826. The van der Waals surface area contributed by atoms with Gasteiger partial charge >= 0.3 is 6.03 Å². The molecule has 4 rings (SSSR count). The van der Waals surface area contributed by atoms with E-state index in [-0.39, 0.29) is 6.03 Å². The van der Waals surface area contributed by atoms with Gasteiger partial charge in [-0.15, -0.1) is 0 Å². The van der Waals surface area contributed by atoms with Gasteiger partial charge in [-0.25, -0.2) is 9.78 Å². The lowest BCUT2D eigenvalue weighted by Gasteiger charge is -2.54. The highest BCUT2D eigenvalue weighted by Crippen LogP contribution is 2.41. The van der Waals surface area contributed by atoms with Gasteiger partial charge in [-0.05, 0) is 49.8 Å². The Labute approximate surface area is 146 Å². The van der Waals surface area contributed by atoms with Crippen LogP contribution in [0.5, 0.6) is 0 Å². The molecule has 1 aromatic carbocycles. The predicted molar refractivity (Wildman–Crippen MR) is 93.6 cm³/mol. The molecule has 130 valence electrons. The molecule has 3 heterocycles. The molecule has 5 nitrogen and oxygen atoms in total. The van der Waals surface area contributed by atoms with Crippen molar-refractivity contribution >= 4 is 11.7 Å². The number of aromatic nitrogens is 2. The molecular weight excluding hydrogens is 319 g/mol. The van der Waals surface area contributed by atoms with Crippen LogP contribution in [0.1, 0.15) is 31.7 Å². The maximum absolute atomic E-state index is 13.4. The number of piperidine rings is 1. The van der Waals surface area contributed by atoms with Crippen molar-refractivity contribution in [3.05, 3.63) is 42.1 Å². The summed E-state index contributed by atoms with van der Waals surface area (Å²) in [6.45, 7) is 4.18. The highest BCUT2D eigenvalue weighted by molar-refractivity contribution is 5.91. The topological polar surface area (TPSA) is 58.1 Å². The maximum atomic E-state index is 13.4. The molecular formula is C19H21FN4O.